The van der Waals surface area contributed by atoms with Gasteiger partial charge in [0.15, 0.2) is 6.29 Å². The van der Waals surface area contributed by atoms with Crippen LogP contribution in [0.2, 0.25) is 0 Å². The molecule has 0 unspecified atom stereocenters. The zero-order valence-corrected chi connectivity index (χ0v) is 8.01. The predicted octanol–water partition coefficient (Wildman–Crippen LogP) is -0.880. The molecule has 0 fully saturated rings. The van der Waals surface area contributed by atoms with Crippen molar-refractivity contribution in [1.82, 2.24) is 0 Å². The molecule has 0 aliphatic carbocycles. The second-order valence-corrected chi connectivity index (χ2v) is 2.62. The van der Waals surface area contributed by atoms with E-state index in [1.807, 2.05) is 0 Å². The van der Waals surface area contributed by atoms with Gasteiger partial charge in [-0.25, -0.2) is 0 Å². The minimum absolute atomic E-state index is 0.0254. The van der Waals surface area contributed by atoms with Crippen LogP contribution in [0.15, 0.2) is 0 Å². The fourth-order valence-electron chi connectivity index (χ4n) is 0.487. The van der Waals surface area contributed by atoms with Gasteiger partial charge in [-0.2, -0.15) is 0 Å². The smallest absolute Gasteiger partial charge is 0.310 e. The molecule has 0 saturated heterocycles. The molecule has 0 aromatic carbocycles. The van der Waals surface area contributed by atoms with E-state index in [0.29, 0.717) is 6.42 Å². The first-order valence-electron chi connectivity index (χ1n) is 4.08. The topological polar surface area (TPSA) is 115 Å². The maximum atomic E-state index is 9.87. The fourth-order valence-corrected chi connectivity index (χ4v) is 0.487. The lowest BCUT2D eigenvalue weighted by molar-refractivity contribution is -0.139. The molecule has 0 aromatic rings. The van der Waals surface area contributed by atoms with Crippen LogP contribution in [0.4, 0.5) is 0 Å². The largest absolute Gasteiger partial charge is 0.481 e. The third-order valence-corrected chi connectivity index (χ3v) is 1.02. The van der Waals surface area contributed by atoms with Gasteiger partial charge in [0.1, 0.15) is 12.2 Å². The van der Waals surface area contributed by atoms with E-state index in [4.69, 9.17) is 20.4 Å². The van der Waals surface area contributed by atoms with Gasteiger partial charge in [-0.15, -0.1) is 0 Å². The van der Waals surface area contributed by atoms with Gasteiger partial charge in [0.2, 0.25) is 0 Å². The van der Waals surface area contributed by atoms with Gasteiger partial charge in [-0.05, 0) is 13.3 Å². The standard InChI is InChI=1S/C4H6O3.C4H10O3/c1-3(5)2-4(6)7;5-3-1-2-4(6)7/h2H2,1H3,(H,6,7);4-7H,1-3H2. The van der Waals surface area contributed by atoms with Gasteiger partial charge in [0.05, 0.1) is 0 Å². The molecular weight excluding hydrogens is 192 g/mol. The summed E-state index contributed by atoms with van der Waals surface area (Å²) in [6, 6.07) is 0. The molecular formula is C8H16O6. The van der Waals surface area contributed by atoms with Crippen LogP contribution in [0.3, 0.4) is 0 Å². The van der Waals surface area contributed by atoms with Crippen molar-refractivity contribution in [3.8, 4) is 0 Å². The maximum Gasteiger partial charge on any atom is 0.310 e. The number of aliphatic carboxylic acids is 1. The molecule has 84 valence electrons. The highest BCUT2D eigenvalue weighted by molar-refractivity contribution is 5.93. The van der Waals surface area contributed by atoms with Crippen LogP contribution in [0.25, 0.3) is 0 Å². The highest BCUT2D eigenvalue weighted by atomic mass is 16.5. The summed E-state index contributed by atoms with van der Waals surface area (Å²) in [6.45, 7) is 1.27. The van der Waals surface area contributed by atoms with E-state index < -0.39 is 12.3 Å². The number of ketones is 1. The van der Waals surface area contributed by atoms with Gasteiger partial charge >= 0.3 is 5.97 Å². The molecule has 6 heteroatoms. The highest BCUT2D eigenvalue weighted by Gasteiger charge is 1.98. The van der Waals surface area contributed by atoms with Crippen molar-refractivity contribution in [3.63, 3.8) is 0 Å². The van der Waals surface area contributed by atoms with Crippen LogP contribution in [0.1, 0.15) is 26.2 Å². The summed E-state index contributed by atoms with van der Waals surface area (Å²) in [5, 5.41) is 32.2. The van der Waals surface area contributed by atoms with Crippen molar-refractivity contribution < 1.29 is 30.0 Å². The number of Topliss-reactive ketones (excluding diaryl/α,β-unsaturated/α-hetero) is 1. The Kier molecular flexibility index (Phi) is 11.2. The Bertz CT molecular complexity index is 153. The number of aliphatic hydroxyl groups excluding tert-OH is 2. The van der Waals surface area contributed by atoms with Crippen molar-refractivity contribution in [1.29, 1.82) is 0 Å². The quantitative estimate of drug-likeness (QED) is 0.344. The second-order valence-electron chi connectivity index (χ2n) is 2.62. The van der Waals surface area contributed by atoms with Gasteiger partial charge in [-0.1, -0.05) is 0 Å². The molecule has 4 N–H and O–H groups in total. The van der Waals surface area contributed by atoms with Crippen molar-refractivity contribution in [2.45, 2.75) is 32.5 Å². The second kappa shape index (κ2) is 10.1. The molecule has 0 spiro atoms. The van der Waals surface area contributed by atoms with E-state index >= 15 is 0 Å². The monoisotopic (exact) mass is 208 g/mol. The molecule has 0 rings (SSSR count). The average molecular weight is 208 g/mol. The lowest BCUT2D eigenvalue weighted by Crippen LogP contribution is -2.03. The summed E-state index contributed by atoms with van der Waals surface area (Å²) >= 11 is 0. The number of hydrogen-bond donors (Lipinski definition) is 4. The maximum absolute atomic E-state index is 9.87. The zero-order chi connectivity index (χ0) is 11.6. The molecule has 0 amide bonds. The van der Waals surface area contributed by atoms with E-state index in [9.17, 15) is 9.59 Å². The Morgan fingerprint density at radius 2 is 1.79 bits per heavy atom. The number of carbonyl (C=O) groups excluding carboxylic acids is 1. The molecule has 0 aliphatic heterocycles. The Morgan fingerprint density at radius 1 is 1.29 bits per heavy atom. The Labute approximate surface area is 81.8 Å². The van der Waals surface area contributed by atoms with Gasteiger partial charge in [-0.3, -0.25) is 9.59 Å². The van der Waals surface area contributed by atoms with E-state index in [1.165, 1.54) is 6.92 Å². The number of aliphatic hydroxyl groups is 3. The first-order valence-corrected chi connectivity index (χ1v) is 4.08. The predicted molar refractivity (Wildman–Crippen MR) is 47.5 cm³/mol. The summed E-state index contributed by atoms with van der Waals surface area (Å²) in [6.07, 6.45) is -0.902. The van der Waals surface area contributed by atoms with Crippen LogP contribution in [-0.4, -0.2) is 45.1 Å². The summed E-state index contributed by atoms with van der Waals surface area (Å²) < 4.78 is 0. The molecule has 0 radical (unpaired) electrons. The number of carbonyl (C=O) groups is 2. The third kappa shape index (κ3) is 22.5. The number of carboxylic acids is 1. The molecule has 0 atom stereocenters. The highest BCUT2D eigenvalue weighted by Crippen LogP contribution is 1.89. The van der Waals surface area contributed by atoms with Crippen molar-refractivity contribution in [2.75, 3.05) is 6.61 Å². The Hall–Kier alpha value is -0.980. The summed E-state index contributed by atoms with van der Waals surface area (Å²) in [4.78, 5) is 19.5. The summed E-state index contributed by atoms with van der Waals surface area (Å²) in [5.41, 5.74) is 0. The van der Waals surface area contributed by atoms with Crippen molar-refractivity contribution in [3.05, 3.63) is 0 Å². The number of rotatable bonds is 5. The van der Waals surface area contributed by atoms with Gasteiger partial charge < -0.3 is 20.4 Å². The fraction of sp³-hybridized carbons (Fsp3) is 0.750. The van der Waals surface area contributed by atoms with E-state index in [0.717, 1.165) is 0 Å². The Morgan fingerprint density at radius 3 is 1.86 bits per heavy atom. The van der Waals surface area contributed by atoms with E-state index in [1.54, 1.807) is 0 Å². The average Bonchev–Trinajstić information content (AvgIpc) is 1.99. The molecule has 14 heavy (non-hydrogen) atoms. The number of carboxylic acid groups (broad SMARTS) is 1. The first-order chi connectivity index (χ1) is 6.40. The van der Waals surface area contributed by atoms with E-state index in [2.05, 4.69) is 0 Å². The van der Waals surface area contributed by atoms with Crippen LogP contribution < -0.4 is 0 Å². The molecule has 0 aliphatic rings. The summed E-state index contributed by atoms with van der Waals surface area (Å²) in [7, 11) is 0. The van der Waals surface area contributed by atoms with Crippen LogP contribution in [-0.2, 0) is 9.59 Å². The minimum atomic E-state index is -1.26. The lowest BCUT2D eigenvalue weighted by Gasteiger charge is -1.97. The van der Waals surface area contributed by atoms with Crippen LogP contribution in [0, 0.1) is 0 Å². The molecule has 6 nitrogen and oxygen atoms in total. The van der Waals surface area contributed by atoms with Crippen LogP contribution in [0.5, 0.6) is 0 Å². The van der Waals surface area contributed by atoms with Crippen LogP contribution >= 0.6 is 0 Å². The van der Waals surface area contributed by atoms with Crippen molar-refractivity contribution >= 4 is 11.8 Å². The van der Waals surface area contributed by atoms with Gasteiger partial charge in [0.25, 0.3) is 0 Å². The Balaban J connectivity index is 0. The molecule has 0 aromatic heterocycles. The van der Waals surface area contributed by atoms with E-state index in [-0.39, 0.29) is 25.2 Å². The number of hydrogen-bond acceptors (Lipinski definition) is 5. The minimum Gasteiger partial charge on any atom is -0.481 e. The third-order valence-electron chi connectivity index (χ3n) is 1.02. The lowest BCUT2D eigenvalue weighted by atomic mass is 10.3. The normalized spacial score (nSPS) is 9.21. The summed E-state index contributed by atoms with van der Waals surface area (Å²) in [5.74, 6) is -1.37. The van der Waals surface area contributed by atoms with Gasteiger partial charge in [0, 0.05) is 13.0 Å². The molecule has 0 heterocycles. The first kappa shape index (κ1) is 15.5. The SMILES string of the molecule is CC(=O)CC(=O)O.OCCCC(O)O. The molecule has 0 saturated carbocycles. The molecule has 0 bridgehead atoms. The van der Waals surface area contributed by atoms with Crippen molar-refractivity contribution in [2.24, 2.45) is 0 Å². The zero-order valence-electron chi connectivity index (χ0n) is 8.01.